The largest absolute Gasteiger partial charge is 0.341 e. The maximum Gasteiger partial charge on any atom is 0.253 e. The summed E-state index contributed by atoms with van der Waals surface area (Å²) >= 11 is 6.01. The van der Waals surface area contributed by atoms with Gasteiger partial charge in [-0.3, -0.25) is 4.79 Å². The van der Waals surface area contributed by atoms with Gasteiger partial charge >= 0.3 is 0 Å². The number of benzene rings is 1. The Balaban J connectivity index is 2.12. The minimum Gasteiger partial charge on any atom is -0.341 e. The Morgan fingerprint density at radius 2 is 1.90 bits per heavy atom. The molecular formula is C17H24ClNO. The number of rotatable bonds is 3. The average Bonchev–Trinajstić information content (AvgIpc) is 2.35. The molecule has 2 nitrogen and oxygen atoms in total. The normalized spacial score (nSPS) is 22.2. The van der Waals surface area contributed by atoms with Gasteiger partial charge in [-0.2, -0.15) is 0 Å². The van der Waals surface area contributed by atoms with Crippen molar-refractivity contribution in [2.75, 3.05) is 13.6 Å². The van der Waals surface area contributed by atoms with Crippen LogP contribution in [0.1, 0.15) is 49.5 Å². The Morgan fingerprint density at radius 1 is 1.30 bits per heavy atom. The molecule has 0 aromatic heterocycles. The van der Waals surface area contributed by atoms with E-state index in [-0.39, 0.29) is 11.3 Å². The molecule has 0 atom stereocenters. The molecule has 1 amide bonds. The van der Waals surface area contributed by atoms with E-state index < -0.39 is 0 Å². The van der Waals surface area contributed by atoms with Crippen molar-refractivity contribution >= 4 is 17.5 Å². The molecular weight excluding hydrogens is 270 g/mol. The zero-order chi connectivity index (χ0) is 14.9. The van der Waals surface area contributed by atoms with Crippen molar-refractivity contribution in [2.24, 2.45) is 5.92 Å². The molecule has 0 saturated heterocycles. The summed E-state index contributed by atoms with van der Waals surface area (Å²) in [5, 5.41) is 0.311. The number of amides is 1. The highest BCUT2D eigenvalue weighted by molar-refractivity contribution is 6.21. The standard InChI is InChI=1S/C17H24ClNO/c1-17(2,3)15-8-6-5-7-14(15)16(20)19(4)11-12-9-13(18)10-12/h5-8,12-13H,9-11H2,1-4H3. The fourth-order valence-corrected chi connectivity index (χ4v) is 3.31. The molecule has 3 heteroatoms. The molecule has 0 N–H and O–H groups in total. The second-order valence-electron chi connectivity index (χ2n) is 6.92. The number of hydrogen-bond acceptors (Lipinski definition) is 1. The van der Waals surface area contributed by atoms with Crippen molar-refractivity contribution in [1.29, 1.82) is 0 Å². The second kappa shape index (κ2) is 5.77. The summed E-state index contributed by atoms with van der Waals surface area (Å²) < 4.78 is 0. The van der Waals surface area contributed by atoms with E-state index in [1.807, 2.05) is 30.1 Å². The predicted octanol–water partition coefficient (Wildman–Crippen LogP) is 4.07. The highest BCUT2D eigenvalue weighted by Gasteiger charge is 2.30. The van der Waals surface area contributed by atoms with Crippen LogP contribution in [-0.4, -0.2) is 29.8 Å². The molecule has 110 valence electrons. The zero-order valence-electron chi connectivity index (χ0n) is 12.8. The van der Waals surface area contributed by atoms with Gasteiger partial charge in [0, 0.05) is 24.5 Å². The van der Waals surface area contributed by atoms with Crippen molar-refractivity contribution in [2.45, 2.75) is 44.4 Å². The van der Waals surface area contributed by atoms with E-state index in [4.69, 9.17) is 11.6 Å². The summed E-state index contributed by atoms with van der Waals surface area (Å²) in [6, 6.07) is 7.93. The lowest BCUT2D eigenvalue weighted by Crippen LogP contribution is -2.38. The lowest BCUT2D eigenvalue weighted by atomic mass is 9.82. The van der Waals surface area contributed by atoms with Crippen LogP contribution in [0.4, 0.5) is 0 Å². The van der Waals surface area contributed by atoms with Gasteiger partial charge in [-0.05, 0) is 35.8 Å². The molecule has 0 bridgehead atoms. The smallest absolute Gasteiger partial charge is 0.253 e. The van der Waals surface area contributed by atoms with Crippen LogP contribution in [0, 0.1) is 5.92 Å². The van der Waals surface area contributed by atoms with Gasteiger partial charge in [0.25, 0.3) is 5.91 Å². The van der Waals surface area contributed by atoms with Crippen molar-refractivity contribution in [3.8, 4) is 0 Å². The van der Waals surface area contributed by atoms with Crippen molar-refractivity contribution in [3.05, 3.63) is 35.4 Å². The van der Waals surface area contributed by atoms with Crippen LogP contribution in [0.5, 0.6) is 0 Å². The van der Waals surface area contributed by atoms with E-state index >= 15 is 0 Å². The molecule has 20 heavy (non-hydrogen) atoms. The van der Waals surface area contributed by atoms with E-state index in [2.05, 4.69) is 26.8 Å². The van der Waals surface area contributed by atoms with Crippen molar-refractivity contribution in [1.82, 2.24) is 4.90 Å². The first-order chi connectivity index (χ1) is 9.29. The molecule has 0 unspecified atom stereocenters. The van der Waals surface area contributed by atoms with Gasteiger partial charge in [0.05, 0.1) is 0 Å². The molecule has 0 aliphatic heterocycles. The summed E-state index contributed by atoms with van der Waals surface area (Å²) in [7, 11) is 1.89. The Labute approximate surface area is 127 Å². The average molecular weight is 294 g/mol. The predicted molar refractivity (Wildman–Crippen MR) is 84.5 cm³/mol. The topological polar surface area (TPSA) is 20.3 Å². The minimum atomic E-state index is -0.0230. The highest BCUT2D eigenvalue weighted by atomic mass is 35.5. The van der Waals surface area contributed by atoms with Crippen LogP contribution >= 0.6 is 11.6 Å². The Hall–Kier alpha value is -1.02. The van der Waals surface area contributed by atoms with Crippen LogP contribution in [0.3, 0.4) is 0 Å². The number of carbonyl (C=O) groups excluding carboxylic acids is 1. The lowest BCUT2D eigenvalue weighted by Gasteiger charge is -2.34. The second-order valence-corrected chi connectivity index (χ2v) is 7.53. The highest BCUT2D eigenvalue weighted by Crippen LogP contribution is 2.33. The van der Waals surface area contributed by atoms with Gasteiger partial charge in [0.15, 0.2) is 0 Å². The van der Waals surface area contributed by atoms with Crippen LogP contribution in [0.15, 0.2) is 24.3 Å². The van der Waals surface area contributed by atoms with Crippen molar-refractivity contribution < 1.29 is 4.79 Å². The summed E-state index contributed by atoms with van der Waals surface area (Å²) in [5.74, 6) is 0.682. The molecule has 0 spiro atoms. The molecule has 0 radical (unpaired) electrons. The fourth-order valence-electron chi connectivity index (χ4n) is 2.80. The van der Waals surface area contributed by atoms with E-state index in [0.29, 0.717) is 11.3 Å². The Kier molecular flexibility index (Phi) is 4.43. The van der Waals surface area contributed by atoms with Crippen molar-refractivity contribution in [3.63, 3.8) is 0 Å². The van der Waals surface area contributed by atoms with Gasteiger partial charge in [0.1, 0.15) is 0 Å². The van der Waals surface area contributed by atoms with E-state index in [1.54, 1.807) is 0 Å². The van der Waals surface area contributed by atoms with E-state index in [0.717, 1.165) is 30.5 Å². The Morgan fingerprint density at radius 3 is 2.45 bits per heavy atom. The lowest BCUT2D eigenvalue weighted by molar-refractivity contribution is 0.0744. The van der Waals surface area contributed by atoms with Crippen LogP contribution < -0.4 is 0 Å². The maximum atomic E-state index is 12.7. The van der Waals surface area contributed by atoms with Crippen LogP contribution in [0.25, 0.3) is 0 Å². The minimum absolute atomic E-state index is 0.0230. The third kappa shape index (κ3) is 3.35. The first kappa shape index (κ1) is 15.4. The SMILES string of the molecule is CN(CC1CC(Cl)C1)C(=O)c1ccccc1C(C)(C)C. The van der Waals surface area contributed by atoms with Crippen LogP contribution in [0.2, 0.25) is 0 Å². The van der Waals surface area contributed by atoms with Gasteiger partial charge in [-0.25, -0.2) is 0 Å². The summed E-state index contributed by atoms with van der Waals surface area (Å²) in [5.41, 5.74) is 1.91. The van der Waals surface area contributed by atoms with Gasteiger partial charge in [-0.15, -0.1) is 11.6 Å². The number of halogens is 1. The molecule has 1 saturated carbocycles. The first-order valence-electron chi connectivity index (χ1n) is 7.28. The summed E-state index contributed by atoms with van der Waals surface area (Å²) in [6.07, 6.45) is 2.06. The third-order valence-electron chi connectivity index (χ3n) is 4.02. The molecule has 1 aliphatic carbocycles. The first-order valence-corrected chi connectivity index (χ1v) is 7.71. The van der Waals surface area contributed by atoms with E-state index in [1.165, 1.54) is 0 Å². The van der Waals surface area contributed by atoms with Gasteiger partial charge < -0.3 is 4.90 Å². The fraction of sp³-hybridized carbons (Fsp3) is 0.588. The summed E-state index contributed by atoms with van der Waals surface area (Å²) in [6.45, 7) is 7.23. The summed E-state index contributed by atoms with van der Waals surface area (Å²) in [4.78, 5) is 14.5. The third-order valence-corrected chi connectivity index (χ3v) is 4.38. The quantitative estimate of drug-likeness (QED) is 0.769. The number of hydrogen-bond donors (Lipinski definition) is 0. The molecule has 0 heterocycles. The van der Waals surface area contributed by atoms with Crippen LogP contribution in [-0.2, 0) is 5.41 Å². The number of nitrogens with zero attached hydrogens (tertiary/aromatic N) is 1. The maximum absolute atomic E-state index is 12.7. The Bertz CT molecular complexity index is 486. The molecule has 1 aromatic carbocycles. The molecule has 1 fully saturated rings. The molecule has 1 aromatic rings. The van der Waals surface area contributed by atoms with E-state index in [9.17, 15) is 4.79 Å². The van der Waals surface area contributed by atoms with Gasteiger partial charge in [0.2, 0.25) is 0 Å². The molecule has 1 aliphatic rings. The van der Waals surface area contributed by atoms with Gasteiger partial charge in [-0.1, -0.05) is 39.0 Å². The zero-order valence-corrected chi connectivity index (χ0v) is 13.6. The molecule has 2 rings (SSSR count). The number of carbonyl (C=O) groups is 1. The monoisotopic (exact) mass is 293 g/mol. The number of alkyl halides is 1.